The standard InChI is InChI=1S/C18H21N5OS/c1-14-21-16(12-25-14)7-22-8-17-6-19-13-23(17)18(9-22)11-24-10-15-4-2-3-5-20-15/h2-6,12-13,18H,7-11H2,1H3/t18-/m1/s1. The van der Waals surface area contributed by atoms with Gasteiger partial charge in [-0.25, -0.2) is 9.97 Å². The van der Waals surface area contributed by atoms with Gasteiger partial charge in [-0.2, -0.15) is 0 Å². The first kappa shape index (κ1) is 16.4. The number of imidazole rings is 1. The average Bonchev–Trinajstić information content (AvgIpc) is 3.25. The molecule has 0 amide bonds. The predicted molar refractivity (Wildman–Crippen MR) is 96.1 cm³/mol. The van der Waals surface area contributed by atoms with Crippen molar-refractivity contribution in [2.24, 2.45) is 0 Å². The topological polar surface area (TPSA) is 56.1 Å². The van der Waals surface area contributed by atoms with Crippen LogP contribution in [0.15, 0.2) is 42.3 Å². The second-order valence-electron chi connectivity index (χ2n) is 6.31. The molecule has 25 heavy (non-hydrogen) atoms. The Labute approximate surface area is 151 Å². The van der Waals surface area contributed by atoms with Crippen LogP contribution in [0.2, 0.25) is 0 Å². The van der Waals surface area contributed by atoms with Crippen molar-refractivity contribution in [1.82, 2.24) is 24.4 Å². The molecule has 4 heterocycles. The van der Waals surface area contributed by atoms with E-state index in [-0.39, 0.29) is 6.04 Å². The van der Waals surface area contributed by atoms with Gasteiger partial charge in [0.2, 0.25) is 0 Å². The summed E-state index contributed by atoms with van der Waals surface area (Å²) in [5.41, 5.74) is 3.33. The van der Waals surface area contributed by atoms with E-state index >= 15 is 0 Å². The molecule has 0 saturated carbocycles. The maximum absolute atomic E-state index is 5.94. The highest BCUT2D eigenvalue weighted by molar-refractivity contribution is 7.09. The van der Waals surface area contributed by atoms with Gasteiger partial charge in [-0.15, -0.1) is 11.3 Å². The minimum atomic E-state index is 0.259. The molecule has 0 aromatic carbocycles. The third-order valence-electron chi connectivity index (χ3n) is 4.33. The van der Waals surface area contributed by atoms with Gasteiger partial charge in [0, 0.05) is 37.4 Å². The van der Waals surface area contributed by atoms with Crippen molar-refractivity contribution in [2.45, 2.75) is 32.7 Å². The summed E-state index contributed by atoms with van der Waals surface area (Å²) < 4.78 is 8.17. The van der Waals surface area contributed by atoms with E-state index in [0.717, 1.165) is 36.0 Å². The quantitative estimate of drug-likeness (QED) is 0.680. The van der Waals surface area contributed by atoms with Crippen molar-refractivity contribution < 1.29 is 4.74 Å². The minimum Gasteiger partial charge on any atom is -0.373 e. The van der Waals surface area contributed by atoms with Crippen molar-refractivity contribution in [3.05, 3.63) is 64.4 Å². The summed E-state index contributed by atoms with van der Waals surface area (Å²) in [6, 6.07) is 6.15. The van der Waals surface area contributed by atoms with E-state index in [1.54, 1.807) is 17.5 Å². The molecule has 0 bridgehead atoms. The molecular formula is C18H21N5OS. The summed E-state index contributed by atoms with van der Waals surface area (Å²) in [6.07, 6.45) is 5.66. The van der Waals surface area contributed by atoms with Crippen LogP contribution in [0.25, 0.3) is 0 Å². The van der Waals surface area contributed by atoms with Crippen molar-refractivity contribution in [3.8, 4) is 0 Å². The maximum Gasteiger partial charge on any atom is 0.0952 e. The monoisotopic (exact) mass is 355 g/mol. The Hall–Kier alpha value is -2.09. The van der Waals surface area contributed by atoms with Crippen LogP contribution in [-0.4, -0.2) is 37.6 Å². The number of hydrogen-bond acceptors (Lipinski definition) is 6. The van der Waals surface area contributed by atoms with Gasteiger partial charge in [-0.1, -0.05) is 6.07 Å². The van der Waals surface area contributed by atoms with Crippen molar-refractivity contribution in [3.63, 3.8) is 0 Å². The molecule has 1 aliphatic rings. The van der Waals surface area contributed by atoms with Crippen molar-refractivity contribution >= 4 is 11.3 Å². The van der Waals surface area contributed by atoms with Gasteiger partial charge in [-0.05, 0) is 19.1 Å². The molecule has 4 rings (SSSR count). The molecule has 0 N–H and O–H groups in total. The molecule has 1 aliphatic heterocycles. The lowest BCUT2D eigenvalue weighted by Gasteiger charge is -2.34. The first-order chi connectivity index (χ1) is 12.3. The molecule has 0 fully saturated rings. The lowest BCUT2D eigenvalue weighted by Crippen LogP contribution is -2.38. The third-order valence-corrected chi connectivity index (χ3v) is 5.16. The number of nitrogens with zero attached hydrogens (tertiary/aromatic N) is 5. The lowest BCUT2D eigenvalue weighted by atomic mass is 10.2. The second-order valence-corrected chi connectivity index (χ2v) is 7.37. The maximum atomic E-state index is 5.94. The summed E-state index contributed by atoms with van der Waals surface area (Å²) in [7, 11) is 0. The molecule has 0 aliphatic carbocycles. The normalized spacial score (nSPS) is 17.6. The molecule has 0 radical (unpaired) electrons. The first-order valence-corrected chi connectivity index (χ1v) is 9.27. The molecule has 0 unspecified atom stereocenters. The van der Waals surface area contributed by atoms with Gasteiger partial charge >= 0.3 is 0 Å². The first-order valence-electron chi connectivity index (χ1n) is 8.39. The predicted octanol–water partition coefficient (Wildman–Crippen LogP) is 2.82. The number of rotatable bonds is 6. The lowest BCUT2D eigenvalue weighted by molar-refractivity contribution is 0.0570. The molecule has 0 spiro atoms. The van der Waals surface area contributed by atoms with E-state index in [1.165, 1.54) is 5.69 Å². The number of thiazole rings is 1. The fraction of sp³-hybridized carbons (Fsp3) is 0.389. The Balaban J connectivity index is 1.40. The van der Waals surface area contributed by atoms with E-state index < -0.39 is 0 Å². The fourth-order valence-electron chi connectivity index (χ4n) is 3.21. The summed E-state index contributed by atoms with van der Waals surface area (Å²) in [6.45, 7) is 5.93. The number of aromatic nitrogens is 4. The molecule has 0 saturated heterocycles. The largest absolute Gasteiger partial charge is 0.373 e. The molecule has 7 heteroatoms. The van der Waals surface area contributed by atoms with Gasteiger partial charge in [0.1, 0.15) is 0 Å². The number of pyridine rings is 1. The van der Waals surface area contributed by atoms with Crippen LogP contribution in [0.3, 0.4) is 0 Å². The van der Waals surface area contributed by atoms with E-state index in [9.17, 15) is 0 Å². The number of hydrogen-bond donors (Lipinski definition) is 0. The van der Waals surface area contributed by atoms with Gasteiger partial charge < -0.3 is 9.30 Å². The zero-order valence-corrected chi connectivity index (χ0v) is 15.0. The van der Waals surface area contributed by atoms with Crippen LogP contribution < -0.4 is 0 Å². The van der Waals surface area contributed by atoms with Crippen LogP contribution in [-0.2, 0) is 24.4 Å². The highest BCUT2D eigenvalue weighted by Crippen LogP contribution is 2.23. The minimum absolute atomic E-state index is 0.259. The molecule has 6 nitrogen and oxygen atoms in total. The van der Waals surface area contributed by atoms with Gasteiger partial charge in [0.25, 0.3) is 0 Å². The number of fused-ring (bicyclic) bond motifs is 1. The number of ether oxygens (including phenoxy) is 1. The summed E-state index contributed by atoms with van der Waals surface area (Å²) in [5, 5.41) is 3.26. The zero-order chi connectivity index (χ0) is 17.1. The molecule has 130 valence electrons. The average molecular weight is 355 g/mol. The van der Waals surface area contributed by atoms with E-state index in [1.807, 2.05) is 37.6 Å². The van der Waals surface area contributed by atoms with E-state index in [2.05, 4.69) is 29.8 Å². The Bertz CT molecular complexity index is 816. The van der Waals surface area contributed by atoms with Gasteiger partial charge in [0.05, 0.1) is 47.7 Å². The molecule has 3 aromatic rings. The Morgan fingerprint density at radius 1 is 1.32 bits per heavy atom. The van der Waals surface area contributed by atoms with Crippen molar-refractivity contribution in [2.75, 3.05) is 13.2 Å². The van der Waals surface area contributed by atoms with Crippen molar-refractivity contribution in [1.29, 1.82) is 0 Å². The highest BCUT2D eigenvalue weighted by Gasteiger charge is 2.25. The van der Waals surface area contributed by atoms with Crippen LogP contribution in [0.1, 0.15) is 28.1 Å². The zero-order valence-electron chi connectivity index (χ0n) is 14.2. The molecule has 3 aromatic heterocycles. The second kappa shape index (κ2) is 7.43. The number of aryl methyl sites for hydroxylation is 1. The Morgan fingerprint density at radius 2 is 2.28 bits per heavy atom. The Kier molecular flexibility index (Phi) is 4.87. The van der Waals surface area contributed by atoms with Crippen LogP contribution >= 0.6 is 11.3 Å². The highest BCUT2D eigenvalue weighted by atomic mass is 32.1. The SMILES string of the molecule is Cc1nc(CN2Cc3cncn3[C@@H](COCc3ccccn3)C2)cs1. The van der Waals surface area contributed by atoms with E-state index in [4.69, 9.17) is 4.74 Å². The van der Waals surface area contributed by atoms with Crippen LogP contribution in [0.5, 0.6) is 0 Å². The summed E-state index contributed by atoms with van der Waals surface area (Å²) in [5.74, 6) is 0. The smallest absolute Gasteiger partial charge is 0.0952 e. The molecular weight excluding hydrogens is 334 g/mol. The van der Waals surface area contributed by atoms with Gasteiger partial charge in [-0.3, -0.25) is 9.88 Å². The van der Waals surface area contributed by atoms with Gasteiger partial charge in [0.15, 0.2) is 0 Å². The Morgan fingerprint density at radius 3 is 3.08 bits per heavy atom. The third kappa shape index (κ3) is 3.95. The molecule has 1 atom stereocenters. The van der Waals surface area contributed by atoms with E-state index in [0.29, 0.717) is 13.2 Å². The summed E-state index contributed by atoms with van der Waals surface area (Å²) >= 11 is 1.71. The summed E-state index contributed by atoms with van der Waals surface area (Å²) in [4.78, 5) is 15.6. The van der Waals surface area contributed by atoms with Crippen LogP contribution in [0, 0.1) is 6.92 Å². The van der Waals surface area contributed by atoms with Crippen LogP contribution in [0.4, 0.5) is 0 Å². The fourth-order valence-corrected chi connectivity index (χ4v) is 3.81.